The molecule has 3 rings (SSSR count). The van der Waals surface area contributed by atoms with Crippen molar-refractivity contribution in [2.45, 2.75) is 50.7 Å². The van der Waals surface area contributed by atoms with E-state index in [9.17, 15) is 0 Å². The summed E-state index contributed by atoms with van der Waals surface area (Å²) in [6.45, 7) is 0.830. The van der Waals surface area contributed by atoms with Crippen LogP contribution in [0.15, 0.2) is 24.3 Å². The van der Waals surface area contributed by atoms with Crippen LogP contribution in [0.4, 0.5) is 0 Å². The zero-order chi connectivity index (χ0) is 10.1. The topological polar surface area (TPSA) is 9.23 Å². The van der Waals surface area contributed by atoms with Crippen molar-refractivity contribution in [3.63, 3.8) is 0 Å². The van der Waals surface area contributed by atoms with E-state index in [1.165, 1.54) is 43.2 Å². The quantitative estimate of drug-likeness (QED) is 0.626. The summed E-state index contributed by atoms with van der Waals surface area (Å²) in [5, 5.41) is 0. The summed E-state index contributed by atoms with van der Waals surface area (Å²) in [7, 11) is 0. The standard InChI is InChI=1S/C14H18O/c1-4-8-14(9-5-1)10-12-6-2-3-7-13(12)11-15-14/h2-3,6-7H,1,4-5,8-11H2. The van der Waals surface area contributed by atoms with Gasteiger partial charge in [-0.2, -0.15) is 0 Å². The van der Waals surface area contributed by atoms with Crippen LogP contribution < -0.4 is 0 Å². The Bertz CT molecular complexity index is 350. The van der Waals surface area contributed by atoms with Gasteiger partial charge in [0.05, 0.1) is 12.2 Å². The molecule has 2 aliphatic rings. The van der Waals surface area contributed by atoms with Gasteiger partial charge in [0.15, 0.2) is 0 Å². The molecule has 1 nitrogen and oxygen atoms in total. The van der Waals surface area contributed by atoms with Gasteiger partial charge < -0.3 is 4.74 Å². The van der Waals surface area contributed by atoms with Crippen molar-refractivity contribution in [2.75, 3.05) is 0 Å². The fourth-order valence-electron chi connectivity index (χ4n) is 3.02. The van der Waals surface area contributed by atoms with Crippen LogP contribution >= 0.6 is 0 Å². The molecule has 1 spiro atoms. The molecule has 1 heterocycles. The molecule has 1 fully saturated rings. The average Bonchev–Trinajstić information content (AvgIpc) is 2.30. The highest BCUT2D eigenvalue weighted by Crippen LogP contribution is 2.38. The lowest BCUT2D eigenvalue weighted by atomic mass is 9.78. The van der Waals surface area contributed by atoms with Crippen molar-refractivity contribution in [1.29, 1.82) is 0 Å². The fourth-order valence-corrected chi connectivity index (χ4v) is 3.02. The monoisotopic (exact) mass is 202 g/mol. The van der Waals surface area contributed by atoms with E-state index in [1.807, 2.05) is 0 Å². The second-order valence-electron chi connectivity index (χ2n) is 4.98. The Kier molecular flexibility index (Phi) is 2.28. The molecule has 1 saturated carbocycles. The van der Waals surface area contributed by atoms with Crippen molar-refractivity contribution in [2.24, 2.45) is 0 Å². The third kappa shape index (κ3) is 1.69. The number of ether oxygens (including phenoxy) is 1. The maximum atomic E-state index is 6.13. The largest absolute Gasteiger partial charge is 0.370 e. The lowest BCUT2D eigenvalue weighted by Gasteiger charge is -2.41. The number of benzene rings is 1. The van der Waals surface area contributed by atoms with Crippen LogP contribution in [0.5, 0.6) is 0 Å². The van der Waals surface area contributed by atoms with Gasteiger partial charge in [-0.05, 0) is 24.0 Å². The van der Waals surface area contributed by atoms with E-state index in [4.69, 9.17) is 4.74 Å². The van der Waals surface area contributed by atoms with E-state index >= 15 is 0 Å². The van der Waals surface area contributed by atoms with Crippen LogP contribution in [-0.4, -0.2) is 5.60 Å². The van der Waals surface area contributed by atoms with Gasteiger partial charge in [-0.3, -0.25) is 0 Å². The van der Waals surface area contributed by atoms with Crippen molar-refractivity contribution < 1.29 is 4.74 Å². The Morgan fingerprint density at radius 3 is 2.47 bits per heavy atom. The van der Waals surface area contributed by atoms with Crippen molar-refractivity contribution in [1.82, 2.24) is 0 Å². The first kappa shape index (κ1) is 9.41. The smallest absolute Gasteiger partial charge is 0.0727 e. The lowest BCUT2D eigenvalue weighted by molar-refractivity contribution is -0.0898. The van der Waals surface area contributed by atoms with Gasteiger partial charge in [-0.1, -0.05) is 43.5 Å². The van der Waals surface area contributed by atoms with Crippen LogP contribution in [0.3, 0.4) is 0 Å². The first-order valence-electron chi connectivity index (χ1n) is 6.09. The molecule has 1 aliphatic carbocycles. The van der Waals surface area contributed by atoms with Crippen LogP contribution in [0, 0.1) is 0 Å². The Hall–Kier alpha value is -0.820. The minimum atomic E-state index is 0.201. The molecule has 0 atom stereocenters. The molecule has 15 heavy (non-hydrogen) atoms. The second kappa shape index (κ2) is 3.64. The Morgan fingerprint density at radius 2 is 1.67 bits per heavy atom. The summed E-state index contributed by atoms with van der Waals surface area (Å²) in [5.41, 5.74) is 3.12. The van der Waals surface area contributed by atoms with E-state index in [0.717, 1.165) is 13.0 Å². The number of hydrogen-bond donors (Lipinski definition) is 0. The maximum Gasteiger partial charge on any atom is 0.0727 e. The first-order valence-corrected chi connectivity index (χ1v) is 6.09. The van der Waals surface area contributed by atoms with Crippen molar-refractivity contribution in [3.8, 4) is 0 Å². The molecule has 0 radical (unpaired) electrons. The van der Waals surface area contributed by atoms with Gasteiger partial charge in [-0.15, -0.1) is 0 Å². The molecule has 0 amide bonds. The molecule has 1 aromatic rings. The van der Waals surface area contributed by atoms with Crippen molar-refractivity contribution >= 4 is 0 Å². The fraction of sp³-hybridized carbons (Fsp3) is 0.571. The molecule has 0 N–H and O–H groups in total. The number of fused-ring (bicyclic) bond motifs is 1. The number of rotatable bonds is 0. The minimum Gasteiger partial charge on any atom is -0.370 e. The van der Waals surface area contributed by atoms with E-state index in [2.05, 4.69) is 24.3 Å². The highest BCUT2D eigenvalue weighted by molar-refractivity contribution is 5.30. The molecule has 1 heteroatoms. The molecular formula is C14H18O. The van der Waals surface area contributed by atoms with Crippen LogP contribution in [0.1, 0.15) is 43.2 Å². The average molecular weight is 202 g/mol. The lowest BCUT2D eigenvalue weighted by Crippen LogP contribution is -2.40. The predicted molar refractivity (Wildman–Crippen MR) is 60.8 cm³/mol. The van der Waals surface area contributed by atoms with E-state index in [1.54, 1.807) is 0 Å². The third-order valence-electron chi connectivity index (χ3n) is 3.93. The second-order valence-corrected chi connectivity index (χ2v) is 4.98. The zero-order valence-electron chi connectivity index (χ0n) is 9.17. The summed E-state index contributed by atoms with van der Waals surface area (Å²) in [6, 6.07) is 8.74. The minimum absolute atomic E-state index is 0.201. The molecule has 80 valence electrons. The van der Waals surface area contributed by atoms with Gasteiger partial charge in [0.1, 0.15) is 0 Å². The van der Waals surface area contributed by atoms with Crippen LogP contribution in [0.25, 0.3) is 0 Å². The summed E-state index contributed by atoms with van der Waals surface area (Å²) in [6.07, 6.45) is 7.77. The van der Waals surface area contributed by atoms with Crippen molar-refractivity contribution in [3.05, 3.63) is 35.4 Å². The van der Waals surface area contributed by atoms with E-state index in [-0.39, 0.29) is 5.60 Å². The van der Waals surface area contributed by atoms with Gasteiger partial charge in [-0.25, -0.2) is 0 Å². The summed E-state index contributed by atoms with van der Waals surface area (Å²) >= 11 is 0. The van der Waals surface area contributed by atoms with Gasteiger partial charge in [0.2, 0.25) is 0 Å². The highest BCUT2D eigenvalue weighted by Gasteiger charge is 2.36. The number of hydrogen-bond acceptors (Lipinski definition) is 1. The molecule has 0 aromatic heterocycles. The van der Waals surface area contributed by atoms with Crippen LogP contribution in [0.2, 0.25) is 0 Å². The summed E-state index contributed by atoms with van der Waals surface area (Å²) in [5.74, 6) is 0. The summed E-state index contributed by atoms with van der Waals surface area (Å²) in [4.78, 5) is 0. The Labute approximate surface area is 91.5 Å². The van der Waals surface area contributed by atoms with Crippen LogP contribution in [-0.2, 0) is 17.8 Å². The predicted octanol–water partition coefficient (Wildman–Crippen LogP) is 3.46. The molecule has 0 saturated heterocycles. The Balaban J connectivity index is 1.87. The van der Waals surface area contributed by atoms with Gasteiger partial charge in [0.25, 0.3) is 0 Å². The normalized spacial score (nSPS) is 23.7. The molecule has 1 aliphatic heterocycles. The highest BCUT2D eigenvalue weighted by atomic mass is 16.5. The molecule has 1 aromatic carbocycles. The zero-order valence-corrected chi connectivity index (χ0v) is 9.17. The molecule has 0 bridgehead atoms. The SMILES string of the molecule is c1ccc2c(c1)COC1(CCCCC1)C2. The maximum absolute atomic E-state index is 6.13. The first-order chi connectivity index (χ1) is 7.38. The van der Waals surface area contributed by atoms with Gasteiger partial charge >= 0.3 is 0 Å². The Morgan fingerprint density at radius 1 is 0.933 bits per heavy atom. The van der Waals surface area contributed by atoms with Gasteiger partial charge in [0, 0.05) is 6.42 Å². The van der Waals surface area contributed by atoms with E-state index in [0.29, 0.717) is 0 Å². The molecular weight excluding hydrogens is 184 g/mol. The summed E-state index contributed by atoms with van der Waals surface area (Å²) < 4.78 is 6.13. The third-order valence-corrected chi connectivity index (χ3v) is 3.93. The molecule has 0 unspecified atom stereocenters. The van der Waals surface area contributed by atoms with E-state index < -0.39 is 0 Å².